The van der Waals surface area contributed by atoms with Gasteiger partial charge < -0.3 is 4.74 Å². The highest BCUT2D eigenvalue weighted by Gasteiger charge is 2.60. The third-order valence-corrected chi connectivity index (χ3v) is 10.0. The van der Waals surface area contributed by atoms with Crippen molar-refractivity contribution in [3.63, 3.8) is 0 Å². The van der Waals surface area contributed by atoms with Gasteiger partial charge in [-0.2, -0.15) is 0 Å². The Morgan fingerprint density at radius 2 is 1.80 bits per heavy atom. The Morgan fingerprint density at radius 3 is 2.50 bits per heavy atom. The molecule has 2 saturated carbocycles. The lowest BCUT2D eigenvalue weighted by Crippen LogP contribution is -2.51. The Balaban J connectivity index is 1.60. The summed E-state index contributed by atoms with van der Waals surface area (Å²) in [6.07, 6.45) is 15.5. The molecule has 0 heterocycles. The SMILES string of the molecule is COC1=CC2=CC(=O)CC[C@]2(C)[C@H]2CC[C@]3(C)[C@@H]([C@H](C)CCCC(C)C)CC[C@H]3[C@H]12. The zero-order valence-electron chi connectivity index (χ0n) is 20.3. The molecule has 0 spiro atoms. The van der Waals surface area contributed by atoms with Crippen LogP contribution < -0.4 is 0 Å². The molecule has 2 heteroatoms. The predicted octanol–water partition coefficient (Wildman–Crippen LogP) is 7.35. The minimum Gasteiger partial charge on any atom is -0.501 e. The fourth-order valence-electron chi connectivity index (χ4n) is 8.26. The van der Waals surface area contributed by atoms with Crippen LogP contribution in [0.25, 0.3) is 0 Å². The standard InChI is InChI=1S/C28H44O2/c1-18(2)8-7-9-19(3)22-10-11-23-26-24(13-15-28(22,23)5)27(4)14-12-21(29)16-20(27)17-25(26)30-6/h16-19,22-24,26H,7-15H2,1-6H3/t19-,22-,23+,24+,26+,27+,28-/m1/s1. The van der Waals surface area contributed by atoms with Crippen molar-refractivity contribution in [2.24, 2.45) is 46.3 Å². The number of carbonyl (C=O) groups excluding carboxylic acids is 1. The molecule has 0 aromatic heterocycles. The number of hydrogen-bond acceptors (Lipinski definition) is 2. The van der Waals surface area contributed by atoms with Crippen LogP contribution in [-0.4, -0.2) is 12.9 Å². The van der Waals surface area contributed by atoms with Gasteiger partial charge in [-0.15, -0.1) is 0 Å². The second-order valence-corrected chi connectivity index (χ2v) is 12.0. The fraction of sp³-hybridized carbons (Fsp3) is 0.821. The Kier molecular flexibility index (Phi) is 6.01. The predicted molar refractivity (Wildman–Crippen MR) is 124 cm³/mol. The summed E-state index contributed by atoms with van der Waals surface area (Å²) < 4.78 is 6.04. The van der Waals surface area contributed by atoms with Crippen LogP contribution in [0, 0.1) is 46.3 Å². The lowest BCUT2D eigenvalue weighted by atomic mass is 9.47. The maximum absolute atomic E-state index is 12.1. The summed E-state index contributed by atoms with van der Waals surface area (Å²) in [6.45, 7) is 12.3. The Morgan fingerprint density at radius 1 is 1.03 bits per heavy atom. The monoisotopic (exact) mass is 412 g/mol. The first-order valence-corrected chi connectivity index (χ1v) is 12.7. The molecule has 168 valence electrons. The maximum Gasteiger partial charge on any atom is 0.156 e. The molecule has 2 nitrogen and oxygen atoms in total. The number of rotatable bonds is 6. The highest BCUT2D eigenvalue weighted by atomic mass is 16.5. The summed E-state index contributed by atoms with van der Waals surface area (Å²) in [5, 5.41) is 0. The molecule has 0 bridgehead atoms. The first-order chi connectivity index (χ1) is 14.2. The third kappa shape index (κ3) is 3.51. The molecule has 2 fully saturated rings. The van der Waals surface area contributed by atoms with Gasteiger partial charge in [0.1, 0.15) is 0 Å². The van der Waals surface area contributed by atoms with E-state index in [4.69, 9.17) is 4.74 Å². The summed E-state index contributed by atoms with van der Waals surface area (Å²) in [6, 6.07) is 0. The summed E-state index contributed by atoms with van der Waals surface area (Å²) >= 11 is 0. The molecule has 0 N–H and O–H groups in total. The van der Waals surface area contributed by atoms with Gasteiger partial charge in [-0.25, -0.2) is 0 Å². The summed E-state index contributed by atoms with van der Waals surface area (Å²) in [4.78, 5) is 12.1. The number of fused-ring (bicyclic) bond motifs is 5. The van der Waals surface area contributed by atoms with Crippen LogP contribution in [0.2, 0.25) is 0 Å². The van der Waals surface area contributed by atoms with E-state index < -0.39 is 0 Å². The molecule has 0 radical (unpaired) electrons. The third-order valence-electron chi connectivity index (χ3n) is 10.0. The summed E-state index contributed by atoms with van der Waals surface area (Å²) in [5.41, 5.74) is 1.85. The number of allylic oxidation sites excluding steroid dienone is 4. The molecule has 0 aromatic carbocycles. The largest absolute Gasteiger partial charge is 0.501 e. The molecule has 7 atom stereocenters. The van der Waals surface area contributed by atoms with Gasteiger partial charge >= 0.3 is 0 Å². The van der Waals surface area contributed by atoms with Gasteiger partial charge in [0.25, 0.3) is 0 Å². The van der Waals surface area contributed by atoms with Crippen molar-refractivity contribution in [2.45, 2.75) is 92.4 Å². The van der Waals surface area contributed by atoms with Crippen molar-refractivity contribution in [1.82, 2.24) is 0 Å². The van der Waals surface area contributed by atoms with Crippen LogP contribution in [0.15, 0.2) is 23.5 Å². The van der Waals surface area contributed by atoms with E-state index in [1.807, 2.05) is 13.2 Å². The van der Waals surface area contributed by atoms with Crippen molar-refractivity contribution in [3.8, 4) is 0 Å². The molecule has 0 amide bonds. The van der Waals surface area contributed by atoms with Crippen LogP contribution >= 0.6 is 0 Å². The van der Waals surface area contributed by atoms with Crippen LogP contribution in [-0.2, 0) is 9.53 Å². The van der Waals surface area contributed by atoms with Gasteiger partial charge in [0.15, 0.2) is 5.78 Å². The van der Waals surface area contributed by atoms with Gasteiger partial charge in [-0.3, -0.25) is 4.79 Å². The van der Waals surface area contributed by atoms with Gasteiger partial charge in [0, 0.05) is 12.3 Å². The molecule has 0 saturated heterocycles. The Bertz CT molecular complexity index is 731. The quantitative estimate of drug-likeness (QED) is 0.456. The summed E-state index contributed by atoms with van der Waals surface area (Å²) in [5.74, 6) is 5.87. The van der Waals surface area contributed by atoms with Gasteiger partial charge in [-0.05, 0) is 90.2 Å². The smallest absolute Gasteiger partial charge is 0.156 e. The molecular weight excluding hydrogens is 368 g/mol. The minimum absolute atomic E-state index is 0.156. The van der Waals surface area contributed by atoms with Crippen LogP contribution in [0.3, 0.4) is 0 Å². The second-order valence-electron chi connectivity index (χ2n) is 12.0. The lowest BCUT2D eigenvalue weighted by Gasteiger charge is -2.57. The first-order valence-electron chi connectivity index (χ1n) is 12.7. The zero-order valence-corrected chi connectivity index (χ0v) is 20.3. The Hall–Kier alpha value is -1.05. The number of ketones is 1. The highest BCUT2D eigenvalue weighted by Crippen LogP contribution is 2.67. The molecule has 30 heavy (non-hydrogen) atoms. The number of methoxy groups -OCH3 is 1. The van der Waals surface area contributed by atoms with E-state index in [0.717, 1.165) is 36.5 Å². The van der Waals surface area contributed by atoms with Crippen LogP contribution in [0.1, 0.15) is 92.4 Å². The normalized spacial score (nSPS) is 41.5. The molecular formula is C28H44O2. The maximum atomic E-state index is 12.1. The second kappa shape index (κ2) is 8.14. The number of hydrogen-bond donors (Lipinski definition) is 0. The van der Waals surface area contributed by atoms with E-state index in [1.54, 1.807) is 0 Å². The zero-order chi connectivity index (χ0) is 21.7. The Labute approximate surface area is 184 Å². The van der Waals surface area contributed by atoms with Gasteiger partial charge in [0.05, 0.1) is 12.9 Å². The average molecular weight is 413 g/mol. The van der Waals surface area contributed by atoms with Crippen LogP contribution in [0.4, 0.5) is 0 Å². The van der Waals surface area contributed by atoms with Crippen molar-refractivity contribution in [3.05, 3.63) is 23.5 Å². The fourth-order valence-corrected chi connectivity index (χ4v) is 8.26. The van der Waals surface area contributed by atoms with E-state index >= 15 is 0 Å². The number of carbonyl (C=O) groups is 1. The van der Waals surface area contributed by atoms with Gasteiger partial charge in [0.2, 0.25) is 0 Å². The van der Waals surface area contributed by atoms with E-state index in [-0.39, 0.29) is 5.41 Å². The minimum atomic E-state index is 0.156. The van der Waals surface area contributed by atoms with E-state index in [0.29, 0.717) is 23.0 Å². The van der Waals surface area contributed by atoms with Crippen molar-refractivity contribution >= 4 is 5.78 Å². The average Bonchev–Trinajstić information content (AvgIpc) is 3.05. The first kappa shape index (κ1) is 22.2. The van der Waals surface area contributed by atoms with E-state index in [2.05, 4.69) is 40.7 Å². The molecule has 0 aliphatic heterocycles. The molecule has 0 aromatic rings. The number of ether oxygens (including phenoxy) is 1. The van der Waals surface area contributed by atoms with Crippen LogP contribution in [0.5, 0.6) is 0 Å². The van der Waals surface area contributed by atoms with Crippen molar-refractivity contribution < 1.29 is 9.53 Å². The van der Waals surface area contributed by atoms with Gasteiger partial charge in [-0.1, -0.05) is 53.9 Å². The highest BCUT2D eigenvalue weighted by molar-refractivity contribution is 5.92. The van der Waals surface area contributed by atoms with E-state index in [1.165, 1.54) is 56.3 Å². The molecule has 0 unspecified atom stereocenters. The topological polar surface area (TPSA) is 26.3 Å². The summed E-state index contributed by atoms with van der Waals surface area (Å²) in [7, 11) is 1.85. The molecule has 4 rings (SSSR count). The molecule has 4 aliphatic carbocycles. The van der Waals surface area contributed by atoms with E-state index in [9.17, 15) is 4.79 Å². The van der Waals surface area contributed by atoms with Crippen molar-refractivity contribution in [1.29, 1.82) is 0 Å². The molecule has 4 aliphatic rings. The van der Waals surface area contributed by atoms with Crippen molar-refractivity contribution in [2.75, 3.05) is 7.11 Å². The lowest BCUT2D eigenvalue weighted by molar-refractivity contribution is -0.117.